The molecule has 0 saturated heterocycles. The second-order valence-corrected chi connectivity index (χ2v) is 4.16. The molecule has 0 bridgehead atoms. The first-order valence-corrected chi connectivity index (χ1v) is 5.20. The van der Waals surface area contributed by atoms with Gasteiger partial charge in [0, 0.05) is 12.8 Å². The van der Waals surface area contributed by atoms with E-state index in [4.69, 9.17) is 10.5 Å². The molecule has 0 amide bonds. The molecule has 0 spiro atoms. The van der Waals surface area contributed by atoms with E-state index in [1.165, 1.54) is 7.11 Å². The Morgan fingerprint density at radius 1 is 1.54 bits per heavy atom. The topological polar surface area (TPSA) is 52.3 Å². The lowest BCUT2D eigenvalue weighted by Crippen LogP contribution is -2.03. The van der Waals surface area contributed by atoms with Crippen molar-refractivity contribution in [1.82, 2.24) is 0 Å². The molecule has 0 aromatic heterocycles. The number of rotatable bonds is 3. The highest BCUT2D eigenvalue weighted by atomic mass is 32.2. The van der Waals surface area contributed by atoms with Gasteiger partial charge in [0.25, 0.3) is 0 Å². The number of methoxy groups -OCH3 is 1. The van der Waals surface area contributed by atoms with Gasteiger partial charge in [-0.3, -0.25) is 4.21 Å². The molecule has 1 aromatic rings. The van der Waals surface area contributed by atoms with E-state index in [2.05, 4.69) is 0 Å². The van der Waals surface area contributed by atoms with Crippen LogP contribution in [-0.2, 0) is 15.5 Å². The summed E-state index contributed by atoms with van der Waals surface area (Å²) in [6.07, 6.45) is 0. The molecule has 0 radical (unpaired) electrons. The van der Waals surface area contributed by atoms with Crippen molar-refractivity contribution < 1.29 is 8.95 Å². The highest BCUT2D eigenvalue weighted by molar-refractivity contribution is 7.85. The van der Waals surface area contributed by atoms with Gasteiger partial charge in [-0.05, 0) is 24.6 Å². The average molecular weight is 199 g/mol. The Morgan fingerprint density at radius 2 is 2.23 bits per heavy atom. The van der Waals surface area contributed by atoms with Crippen LogP contribution in [0, 0.1) is 6.92 Å². The van der Waals surface area contributed by atoms with Crippen LogP contribution in [0.5, 0.6) is 0 Å². The highest BCUT2D eigenvalue weighted by Crippen LogP contribution is 2.17. The Morgan fingerprint density at radius 3 is 2.85 bits per heavy atom. The van der Waals surface area contributed by atoms with Gasteiger partial charge < -0.3 is 10.5 Å². The number of nitrogens with two attached hydrogens (primary N) is 1. The second-order valence-electron chi connectivity index (χ2n) is 2.79. The van der Waals surface area contributed by atoms with Crippen LogP contribution in [0.15, 0.2) is 23.1 Å². The molecule has 3 nitrogen and oxygen atoms in total. The monoisotopic (exact) mass is 199 g/mol. The molecule has 0 aliphatic heterocycles. The molecule has 0 aliphatic rings. The SMILES string of the molecule is COCS(=O)c1cc(C)ccc1N. The molecule has 0 saturated carbocycles. The van der Waals surface area contributed by atoms with Gasteiger partial charge in [-0.25, -0.2) is 0 Å². The Balaban J connectivity index is 2.99. The van der Waals surface area contributed by atoms with Gasteiger partial charge in [-0.1, -0.05) is 6.07 Å². The summed E-state index contributed by atoms with van der Waals surface area (Å²) in [6, 6.07) is 5.48. The maximum atomic E-state index is 11.5. The number of hydrogen-bond donors (Lipinski definition) is 1. The predicted molar refractivity (Wildman–Crippen MR) is 53.9 cm³/mol. The molecule has 1 rings (SSSR count). The van der Waals surface area contributed by atoms with Crippen molar-refractivity contribution in [2.24, 2.45) is 0 Å². The Bertz CT molecular complexity index is 325. The zero-order valence-corrected chi connectivity index (χ0v) is 8.56. The summed E-state index contributed by atoms with van der Waals surface area (Å²) in [5.41, 5.74) is 7.28. The first-order chi connectivity index (χ1) is 6.15. The molecule has 72 valence electrons. The molecule has 0 aliphatic carbocycles. The average Bonchev–Trinajstić information content (AvgIpc) is 2.09. The van der Waals surface area contributed by atoms with Crippen molar-refractivity contribution in [3.63, 3.8) is 0 Å². The minimum Gasteiger partial charge on any atom is -0.398 e. The fraction of sp³-hybridized carbons (Fsp3) is 0.333. The fourth-order valence-corrected chi connectivity index (χ4v) is 2.00. The van der Waals surface area contributed by atoms with E-state index in [1.54, 1.807) is 6.07 Å². The molecule has 0 fully saturated rings. The number of aryl methyl sites for hydroxylation is 1. The van der Waals surface area contributed by atoms with E-state index in [9.17, 15) is 4.21 Å². The summed E-state index contributed by atoms with van der Waals surface area (Å²) in [5, 5.41) is 0. The zero-order valence-electron chi connectivity index (χ0n) is 7.74. The van der Waals surface area contributed by atoms with Gasteiger partial charge in [-0.2, -0.15) is 0 Å². The fourth-order valence-electron chi connectivity index (χ4n) is 1.01. The Kier molecular flexibility index (Phi) is 3.45. The first-order valence-electron chi connectivity index (χ1n) is 3.88. The normalized spacial score (nSPS) is 12.8. The second kappa shape index (κ2) is 4.39. The maximum absolute atomic E-state index is 11.5. The van der Waals surface area contributed by atoms with Crippen LogP contribution in [-0.4, -0.2) is 17.3 Å². The predicted octanol–water partition coefficient (Wildman–Crippen LogP) is 1.29. The number of ether oxygens (including phenoxy) is 1. The lowest BCUT2D eigenvalue weighted by atomic mass is 10.2. The number of benzene rings is 1. The van der Waals surface area contributed by atoms with Crippen molar-refractivity contribution in [2.75, 3.05) is 18.8 Å². The number of nitrogen functional groups attached to an aromatic ring is 1. The molecule has 1 atom stereocenters. The van der Waals surface area contributed by atoms with Crippen molar-refractivity contribution in [3.8, 4) is 0 Å². The largest absolute Gasteiger partial charge is 0.398 e. The lowest BCUT2D eigenvalue weighted by molar-refractivity contribution is 0.254. The summed E-state index contributed by atoms with van der Waals surface area (Å²) in [7, 11) is 0.365. The van der Waals surface area contributed by atoms with Crippen molar-refractivity contribution in [2.45, 2.75) is 11.8 Å². The van der Waals surface area contributed by atoms with Gasteiger partial charge in [0.05, 0.1) is 15.7 Å². The van der Waals surface area contributed by atoms with E-state index in [0.29, 0.717) is 10.6 Å². The van der Waals surface area contributed by atoms with Crippen molar-refractivity contribution >= 4 is 16.5 Å². The molecule has 13 heavy (non-hydrogen) atoms. The van der Waals surface area contributed by atoms with Crippen molar-refractivity contribution in [3.05, 3.63) is 23.8 Å². The van der Waals surface area contributed by atoms with E-state index >= 15 is 0 Å². The summed E-state index contributed by atoms with van der Waals surface area (Å²) >= 11 is 0. The third-order valence-electron chi connectivity index (χ3n) is 1.64. The Hall–Kier alpha value is -0.870. The zero-order chi connectivity index (χ0) is 9.84. The summed E-state index contributed by atoms with van der Waals surface area (Å²) in [6.45, 7) is 1.94. The van der Waals surface area contributed by atoms with Crippen LogP contribution >= 0.6 is 0 Å². The van der Waals surface area contributed by atoms with Gasteiger partial charge in [0.15, 0.2) is 0 Å². The summed E-state index contributed by atoms with van der Waals surface area (Å²) in [4.78, 5) is 0.654. The van der Waals surface area contributed by atoms with Crippen LogP contribution in [0.2, 0.25) is 0 Å². The van der Waals surface area contributed by atoms with E-state index in [0.717, 1.165) is 5.56 Å². The molecule has 4 heteroatoms. The molecule has 0 heterocycles. The van der Waals surface area contributed by atoms with Gasteiger partial charge in [-0.15, -0.1) is 0 Å². The van der Waals surface area contributed by atoms with Crippen LogP contribution in [0.3, 0.4) is 0 Å². The van der Waals surface area contributed by atoms with Gasteiger partial charge >= 0.3 is 0 Å². The smallest absolute Gasteiger partial charge is 0.126 e. The van der Waals surface area contributed by atoms with Crippen LogP contribution in [0.4, 0.5) is 5.69 Å². The van der Waals surface area contributed by atoms with Crippen LogP contribution in [0.25, 0.3) is 0 Å². The first kappa shape index (κ1) is 10.2. The van der Waals surface area contributed by atoms with Crippen LogP contribution in [0.1, 0.15) is 5.56 Å². The van der Waals surface area contributed by atoms with E-state index < -0.39 is 10.8 Å². The van der Waals surface area contributed by atoms with Gasteiger partial charge in [0.2, 0.25) is 0 Å². The molecule has 1 unspecified atom stereocenters. The number of hydrogen-bond acceptors (Lipinski definition) is 3. The lowest BCUT2D eigenvalue weighted by Gasteiger charge is -2.05. The minimum absolute atomic E-state index is 0.188. The summed E-state index contributed by atoms with van der Waals surface area (Å²) in [5.74, 6) is 0.188. The highest BCUT2D eigenvalue weighted by Gasteiger charge is 2.07. The maximum Gasteiger partial charge on any atom is 0.126 e. The minimum atomic E-state index is -1.15. The number of anilines is 1. The van der Waals surface area contributed by atoms with Gasteiger partial charge in [0.1, 0.15) is 5.94 Å². The third kappa shape index (κ3) is 2.54. The third-order valence-corrected chi connectivity index (χ3v) is 2.93. The molecule has 1 aromatic carbocycles. The quantitative estimate of drug-likeness (QED) is 0.746. The Labute approximate surface area is 80.4 Å². The molecular formula is C9H13NO2S. The molecule has 2 N–H and O–H groups in total. The molecular weight excluding hydrogens is 186 g/mol. The van der Waals surface area contributed by atoms with Crippen LogP contribution < -0.4 is 5.73 Å². The summed E-state index contributed by atoms with van der Waals surface area (Å²) < 4.78 is 16.3. The van der Waals surface area contributed by atoms with E-state index in [-0.39, 0.29) is 5.94 Å². The van der Waals surface area contributed by atoms with Crippen molar-refractivity contribution in [1.29, 1.82) is 0 Å². The van der Waals surface area contributed by atoms with E-state index in [1.807, 2.05) is 19.1 Å². The standard InChI is InChI=1S/C9H13NO2S/c1-7-3-4-8(10)9(5-7)13(11)6-12-2/h3-5H,6,10H2,1-2H3.